The number of benzene rings is 2. The number of para-hydroxylation sites is 1. The third-order valence-electron chi connectivity index (χ3n) is 4.01. The molecule has 2 aliphatic heterocycles. The highest BCUT2D eigenvalue weighted by Crippen LogP contribution is 2.39. The number of allylic oxidation sites excluding steroid dienone is 2. The number of carbonyl (C=O) groups excluding carboxylic acids is 1. The number of rotatable bonds is 2. The van der Waals surface area contributed by atoms with Crippen molar-refractivity contribution in [3.8, 4) is 5.75 Å². The van der Waals surface area contributed by atoms with Crippen molar-refractivity contribution < 1.29 is 14.3 Å². The first-order chi connectivity index (χ1) is 12.2. The van der Waals surface area contributed by atoms with Gasteiger partial charge in [0.25, 0.3) is 0 Å². The summed E-state index contributed by atoms with van der Waals surface area (Å²) in [4.78, 5) is 17.6. The smallest absolute Gasteiger partial charge is 0.364 e. The van der Waals surface area contributed by atoms with Gasteiger partial charge >= 0.3 is 5.97 Å². The van der Waals surface area contributed by atoms with Gasteiger partial charge < -0.3 is 9.47 Å². The van der Waals surface area contributed by atoms with Crippen molar-refractivity contribution in [2.75, 3.05) is 6.26 Å². The van der Waals surface area contributed by atoms with Crippen LogP contribution in [0.25, 0.3) is 11.3 Å². The molecule has 0 unspecified atom stereocenters. The van der Waals surface area contributed by atoms with E-state index in [0.29, 0.717) is 28.7 Å². The lowest BCUT2D eigenvalue weighted by atomic mass is 9.98. The summed E-state index contributed by atoms with van der Waals surface area (Å²) in [5.41, 5.74) is 2.80. The van der Waals surface area contributed by atoms with Gasteiger partial charge in [0.1, 0.15) is 11.5 Å². The fraction of sp³-hybridized carbons (Fsp3) is 0.100. The average molecular weight is 349 g/mol. The number of ether oxygens (including phenoxy) is 2. The number of hydrogen-bond acceptors (Lipinski definition) is 5. The van der Waals surface area contributed by atoms with Gasteiger partial charge in [0.05, 0.1) is 0 Å². The van der Waals surface area contributed by atoms with Gasteiger partial charge in [-0.2, -0.15) is 0 Å². The van der Waals surface area contributed by atoms with Gasteiger partial charge in [-0.1, -0.05) is 30.3 Å². The molecule has 25 heavy (non-hydrogen) atoms. The van der Waals surface area contributed by atoms with Crippen LogP contribution in [-0.4, -0.2) is 18.1 Å². The van der Waals surface area contributed by atoms with E-state index in [0.717, 1.165) is 11.1 Å². The number of hydrogen-bond donors (Lipinski definition) is 0. The highest BCUT2D eigenvalue weighted by atomic mass is 32.2. The number of aliphatic imine (C=N–C) groups is 1. The van der Waals surface area contributed by atoms with Gasteiger partial charge in [-0.25, -0.2) is 9.79 Å². The Kier molecular flexibility index (Phi) is 3.93. The molecule has 0 spiro atoms. The van der Waals surface area contributed by atoms with E-state index < -0.39 is 5.97 Å². The molecule has 0 aromatic heterocycles. The predicted octanol–water partition coefficient (Wildman–Crippen LogP) is 4.53. The van der Waals surface area contributed by atoms with Crippen LogP contribution in [0.5, 0.6) is 5.75 Å². The molecule has 0 atom stereocenters. The molecule has 124 valence electrons. The summed E-state index contributed by atoms with van der Waals surface area (Å²) >= 11 is 1.69. The number of cyclic esters (lactones) is 1. The molecule has 0 saturated carbocycles. The van der Waals surface area contributed by atoms with Crippen LogP contribution in [0.3, 0.4) is 0 Å². The topological polar surface area (TPSA) is 47.9 Å². The highest BCUT2D eigenvalue weighted by molar-refractivity contribution is 7.98. The Hall–Kier alpha value is -2.79. The summed E-state index contributed by atoms with van der Waals surface area (Å²) in [6, 6.07) is 15.7. The second-order valence-corrected chi connectivity index (χ2v) is 6.50. The number of thioether (sulfide) groups is 1. The molecule has 0 bridgehead atoms. The Labute approximate surface area is 149 Å². The van der Waals surface area contributed by atoms with Crippen LogP contribution in [0, 0.1) is 0 Å². The SMILES string of the molecule is CSc1ccc(C2=C/C(=C3/N=C(C)OC3=O)c3ccccc3O2)cc1. The van der Waals surface area contributed by atoms with Gasteiger partial charge in [-0.3, -0.25) is 0 Å². The summed E-state index contributed by atoms with van der Waals surface area (Å²) in [6.45, 7) is 1.67. The Morgan fingerprint density at radius 2 is 1.76 bits per heavy atom. The molecular weight excluding hydrogens is 334 g/mol. The number of carbonyl (C=O) groups is 1. The number of esters is 1. The van der Waals surface area contributed by atoms with Gasteiger partial charge in [0.15, 0.2) is 11.6 Å². The first kappa shape index (κ1) is 15.7. The molecule has 2 aromatic rings. The van der Waals surface area contributed by atoms with Crippen LogP contribution in [0.2, 0.25) is 0 Å². The van der Waals surface area contributed by atoms with E-state index in [9.17, 15) is 4.79 Å². The van der Waals surface area contributed by atoms with Gasteiger partial charge in [0.2, 0.25) is 0 Å². The standard InChI is InChI=1S/C20H15NO3S/c1-12-21-19(20(22)23-12)16-11-18(13-7-9-14(25-2)10-8-13)24-17-6-4-3-5-15(16)17/h3-11H,1-2H3/b19-16-. The van der Waals surface area contributed by atoms with Crippen LogP contribution >= 0.6 is 11.8 Å². The third-order valence-corrected chi connectivity index (χ3v) is 4.75. The van der Waals surface area contributed by atoms with E-state index in [1.165, 1.54) is 4.90 Å². The van der Waals surface area contributed by atoms with E-state index in [1.54, 1.807) is 18.7 Å². The van der Waals surface area contributed by atoms with Crippen molar-refractivity contribution in [3.05, 3.63) is 71.4 Å². The summed E-state index contributed by atoms with van der Waals surface area (Å²) in [6.07, 6.45) is 3.89. The molecule has 0 fully saturated rings. The lowest BCUT2D eigenvalue weighted by Crippen LogP contribution is -2.07. The largest absolute Gasteiger partial charge is 0.456 e. The van der Waals surface area contributed by atoms with Crippen LogP contribution in [0.4, 0.5) is 0 Å². The molecule has 0 radical (unpaired) electrons. The van der Waals surface area contributed by atoms with E-state index in [4.69, 9.17) is 9.47 Å². The molecule has 5 heteroatoms. The average Bonchev–Trinajstić information content (AvgIpc) is 2.99. The van der Waals surface area contributed by atoms with Crippen molar-refractivity contribution >= 4 is 35.0 Å². The van der Waals surface area contributed by atoms with Gasteiger partial charge in [-0.05, 0) is 30.5 Å². The fourth-order valence-corrected chi connectivity index (χ4v) is 3.22. The fourth-order valence-electron chi connectivity index (χ4n) is 2.81. The lowest BCUT2D eigenvalue weighted by Gasteiger charge is -2.20. The molecular formula is C20H15NO3S. The van der Waals surface area contributed by atoms with Crippen molar-refractivity contribution in [2.24, 2.45) is 4.99 Å². The van der Waals surface area contributed by atoms with E-state index in [-0.39, 0.29) is 0 Å². The molecule has 2 aliphatic rings. The predicted molar refractivity (Wildman–Crippen MR) is 99.4 cm³/mol. The Balaban J connectivity index is 1.87. The molecule has 2 aromatic carbocycles. The number of fused-ring (bicyclic) bond motifs is 1. The molecule has 0 amide bonds. The number of nitrogens with zero attached hydrogens (tertiary/aromatic N) is 1. The Morgan fingerprint density at radius 3 is 2.44 bits per heavy atom. The maximum atomic E-state index is 12.2. The highest BCUT2D eigenvalue weighted by Gasteiger charge is 2.28. The third kappa shape index (κ3) is 2.87. The van der Waals surface area contributed by atoms with Gasteiger partial charge in [0, 0.05) is 28.5 Å². The zero-order chi connectivity index (χ0) is 17.4. The van der Waals surface area contributed by atoms with E-state index in [1.807, 2.05) is 60.9 Å². The zero-order valence-electron chi connectivity index (χ0n) is 13.8. The Morgan fingerprint density at radius 1 is 1.00 bits per heavy atom. The normalized spacial score (nSPS) is 18.9. The molecule has 0 N–H and O–H groups in total. The van der Waals surface area contributed by atoms with Crippen molar-refractivity contribution in [2.45, 2.75) is 11.8 Å². The summed E-state index contributed by atoms with van der Waals surface area (Å²) in [7, 11) is 0. The minimum atomic E-state index is -0.433. The molecule has 4 nitrogen and oxygen atoms in total. The minimum absolute atomic E-state index is 0.312. The van der Waals surface area contributed by atoms with Crippen LogP contribution < -0.4 is 4.74 Å². The first-order valence-corrected chi connectivity index (χ1v) is 9.03. The van der Waals surface area contributed by atoms with Gasteiger partial charge in [-0.15, -0.1) is 11.8 Å². The van der Waals surface area contributed by atoms with Crippen LogP contribution in [-0.2, 0) is 9.53 Å². The van der Waals surface area contributed by atoms with Crippen molar-refractivity contribution in [3.63, 3.8) is 0 Å². The second-order valence-electron chi connectivity index (χ2n) is 5.62. The van der Waals surface area contributed by atoms with E-state index >= 15 is 0 Å². The first-order valence-electron chi connectivity index (χ1n) is 7.81. The molecule has 2 heterocycles. The monoisotopic (exact) mass is 349 g/mol. The van der Waals surface area contributed by atoms with Crippen molar-refractivity contribution in [1.82, 2.24) is 0 Å². The second kappa shape index (κ2) is 6.26. The maximum Gasteiger partial charge on any atom is 0.364 e. The van der Waals surface area contributed by atoms with Crippen LogP contribution in [0.15, 0.2) is 70.2 Å². The maximum absolute atomic E-state index is 12.2. The molecule has 0 aliphatic carbocycles. The molecule has 0 saturated heterocycles. The quantitative estimate of drug-likeness (QED) is 0.454. The van der Waals surface area contributed by atoms with Crippen molar-refractivity contribution in [1.29, 1.82) is 0 Å². The summed E-state index contributed by atoms with van der Waals surface area (Å²) in [5.74, 6) is 1.30. The summed E-state index contributed by atoms with van der Waals surface area (Å²) < 4.78 is 11.2. The summed E-state index contributed by atoms with van der Waals surface area (Å²) in [5, 5.41) is 0. The Bertz CT molecular complexity index is 955. The van der Waals surface area contributed by atoms with E-state index in [2.05, 4.69) is 4.99 Å². The minimum Gasteiger partial charge on any atom is -0.456 e. The van der Waals surface area contributed by atoms with Crippen LogP contribution in [0.1, 0.15) is 18.1 Å². The zero-order valence-corrected chi connectivity index (χ0v) is 14.6. The lowest BCUT2D eigenvalue weighted by molar-refractivity contribution is -0.130. The molecule has 4 rings (SSSR count).